The van der Waals surface area contributed by atoms with Crippen molar-refractivity contribution >= 4 is 11.9 Å². The van der Waals surface area contributed by atoms with Gasteiger partial charge in [0.25, 0.3) is 0 Å². The van der Waals surface area contributed by atoms with Gasteiger partial charge in [-0.3, -0.25) is 4.79 Å². The number of primary amides is 1. The zero-order valence-corrected chi connectivity index (χ0v) is 11.5. The van der Waals surface area contributed by atoms with E-state index in [1.165, 1.54) is 0 Å². The highest BCUT2D eigenvalue weighted by molar-refractivity contribution is 5.86. The number of hydrogen-bond acceptors (Lipinski definition) is 4. The van der Waals surface area contributed by atoms with Crippen LogP contribution in [0.15, 0.2) is 10.5 Å². The number of aromatic carboxylic acids is 1. The molecule has 1 fully saturated rings. The molecule has 6 heteroatoms. The number of furan rings is 1. The molecule has 1 saturated carbocycles. The standard InChI is InChI=1S/C14H20N2O4/c1-8-6-11(20-12(8)14(18)19)7-16-10-4-2-9(3-5-10)13(15)17/h6,9-10,16H,2-5,7H2,1H3,(H2,15,17)(H,18,19). The quantitative estimate of drug-likeness (QED) is 0.756. The molecule has 20 heavy (non-hydrogen) atoms. The predicted molar refractivity (Wildman–Crippen MR) is 72.2 cm³/mol. The lowest BCUT2D eigenvalue weighted by Gasteiger charge is -2.27. The smallest absolute Gasteiger partial charge is 0.372 e. The van der Waals surface area contributed by atoms with Crippen LogP contribution >= 0.6 is 0 Å². The highest BCUT2D eigenvalue weighted by Crippen LogP contribution is 2.24. The molecule has 1 aromatic rings. The second-order valence-corrected chi connectivity index (χ2v) is 5.36. The first-order chi connectivity index (χ1) is 9.47. The van der Waals surface area contributed by atoms with Crippen LogP contribution in [0.3, 0.4) is 0 Å². The molecule has 1 aliphatic rings. The van der Waals surface area contributed by atoms with Crippen molar-refractivity contribution in [2.45, 2.75) is 45.2 Å². The van der Waals surface area contributed by atoms with Crippen molar-refractivity contribution in [3.05, 3.63) is 23.2 Å². The van der Waals surface area contributed by atoms with Crippen molar-refractivity contribution in [1.82, 2.24) is 5.32 Å². The topological polar surface area (TPSA) is 106 Å². The summed E-state index contributed by atoms with van der Waals surface area (Å²) in [5.41, 5.74) is 5.93. The normalized spacial score (nSPS) is 22.6. The second-order valence-electron chi connectivity index (χ2n) is 5.36. The van der Waals surface area contributed by atoms with Gasteiger partial charge in [-0.1, -0.05) is 0 Å². The molecule has 6 nitrogen and oxygen atoms in total. The van der Waals surface area contributed by atoms with E-state index in [-0.39, 0.29) is 17.6 Å². The third-order valence-corrected chi connectivity index (χ3v) is 3.86. The molecule has 0 saturated heterocycles. The van der Waals surface area contributed by atoms with Gasteiger partial charge in [0.1, 0.15) is 5.76 Å². The fourth-order valence-electron chi connectivity index (χ4n) is 2.67. The van der Waals surface area contributed by atoms with Gasteiger partial charge in [0.15, 0.2) is 0 Å². The first-order valence-electron chi connectivity index (χ1n) is 6.82. The molecular weight excluding hydrogens is 260 g/mol. The Labute approximate surface area is 117 Å². The highest BCUT2D eigenvalue weighted by Gasteiger charge is 2.24. The van der Waals surface area contributed by atoms with Gasteiger partial charge in [-0.15, -0.1) is 0 Å². The number of aryl methyl sites for hydroxylation is 1. The number of carbonyl (C=O) groups is 2. The van der Waals surface area contributed by atoms with Crippen molar-refractivity contribution < 1.29 is 19.1 Å². The second kappa shape index (κ2) is 6.09. The van der Waals surface area contributed by atoms with Crippen molar-refractivity contribution in [3.8, 4) is 0 Å². The van der Waals surface area contributed by atoms with E-state index >= 15 is 0 Å². The summed E-state index contributed by atoms with van der Waals surface area (Å²) in [6.45, 7) is 2.22. The molecule has 1 aromatic heterocycles. The van der Waals surface area contributed by atoms with E-state index in [1.54, 1.807) is 13.0 Å². The van der Waals surface area contributed by atoms with Gasteiger partial charge >= 0.3 is 5.97 Å². The van der Waals surface area contributed by atoms with Crippen LogP contribution in [-0.2, 0) is 11.3 Å². The first-order valence-corrected chi connectivity index (χ1v) is 6.82. The average molecular weight is 280 g/mol. The van der Waals surface area contributed by atoms with Gasteiger partial charge in [0.05, 0.1) is 6.54 Å². The molecule has 1 aliphatic carbocycles. The summed E-state index contributed by atoms with van der Waals surface area (Å²) in [6, 6.07) is 2.06. The van der Waals surface area contributed by atoms with Crippen LogP contribution in [0.1, 0.15) is 47.6 Å². The summed E-state index contributed by atoms with van der Waals surface area (Å²) in [7, 11) is 0. The van der Waals surface area contributed by atoms with Crippen LogP contribution in [-0.4, -0.2) is 23.0 Å². The summed E-state index contributed by atoms with van der Waals surface area (Å²) in [5.74, 6) is -0.638. The maximum Gasteiger partial charge on any atom is 0.372 e. The Hall–Kier alpha value is -1.82. The van der Waals surface area contributed by atoms with Crippen molar-refractivity contribution in [2.75, 3.05) is 0 Å². The summed E-state index contributed by atoms with van der Waals surface area (Å²) in [6.07, 6.45) is 3.42. The lowest BCUT2D eigenvalue weighted by Crippen LogP contribution is -2.36. The molecule has 2 rings (SSSR count). The van der Waals surface area contributed by atoms with Gasteiger partial charge < -0.3 is 20.6 Å². The SMILES string of the molecule is Cc1cc(CNC2CCC(C(N)=O)CC2)oc1C(=O)O. The molecule has 0 aromatic carbocycles. The summed E-state index contributed by atoms with van der Waals surface area (Å²) in [4.78, 5) is 22.0. The van der Waals surface area contributed by atoms with E-state index in [9.17, 15) is 9.59 Å². The maximum atomic E-state index is 11.1. The molecule has 110 valence electrons. The number of carboxylic acid groups (broad SMARTS) is 1. The Balaban J connectivity index is 1.83. The summed E-state index contributed by atoms with van der Waals surface area (Å²) >= 11 is 0. The van der Waals surface area contributed by atoms with Gasteiger partial charge in [-0.2, -0.15) is 0 Å². The Morgan fingerprint density at radius 2 is 2.05 bits per heavy atom. The number of rotatable bonds is 5. The third-order valence-electron chi connectivity index (χ3n) is 3.86. The van der Waals surface area contributed by atoms with E-state index in [0.29, 0.717) is 23.9 Å². The molecule has 4 N–H and O–H groups in total. The summed E-state index contributed by atoms with van der Waals surface area (Å²) < 4.78 is 5.29. The maximum absolute atomic E-state index is 11.1. The van der Waals surface area contributed by atoms with Gasteiger partial charge in [0, 0.05) is 17.5 Å². The van der Waals surface area contributed by atoms with Crippen molar-refractivity contribution in [3.63, 3.8) is 0 Å². The van der Waals surface area contributed by atoms with E-state index in [4.69, 9.17) is 15.3 Å². The van der Waals surface area contributed by atoms with Crippen LogP contribution in [0.25, 0.3) is 0 Å². The fraction of sp³-hybridized carbons (Fsp3) is 0.571. The van der Waals surface area contributed by atoms with E-state index < -0.39 is 5.97 Å². The zero-order valence-electron chi connectivity index (χ0n) is 11.5. The number of carboxylic acids is 1. The Morgan fingerprint density at radius 3 is 2.55 bits per heavy atom. The van der Waals surface area contributed by atoms with Crippen LogP contribution in [0, 0.1) is 12.8 Å². The number of carbonyl (C=O) groups excluding carboxylic acids is 1. The Bertz CT molecular complexity index is 501. The van der Waals surface area contributed by atoms with Crippen LogP contribution in [0.2, 0.25) is 0 Å². The first kappa shape index (κ1) is 14.6. The molecule has 0 spiro atoms. The number of nitrogens with one attached hydrogen (secondary N) is 1. The molecule has 0 radical (unpaired) electrons. The van der Waals surface area contributed by atoms with E-state index in [2.05, 4.69) is 5.32 Å². The molecule has 0 atom stereocenters. The van der Waals surface area contributed by atoms with Gasteiger partial charge in [-0.25, -0.2) is 4.79 Å². The lowest BCUT2D eigenvalue weighted by atomic mass is 9.85. The number of amides is 1. The molecular formula is C14H20N2O4. The van der Waals surface area contributed by atoms with E-state index in [1.807, 2.05) is 0 Å². The van der Waals surface area contributed by atoms with E-state index in [0.717, 1.165) is 25.7 Å². The minimum absolute atomic E-state index is 0.000707. The number of hydrogen-bond donors (Lipinski definition) is 3. The molecule has 1 heterocycles. The zero-order chi connectivity index (χ0) is 14.7. The van der Waals surface area contributed by atoms with Crippen LogP contribution < -0.4 is 11.1 Å². The molecule has 0 unspecified atom stereocenters. The molecule has 0 bridgehead atoms. The highest BCUT2D eigenvalue weighted by atomic mass is 16.4. The van der Waals surface area contributed by atoms with Gasteiger partial charge in [-0.05, 0) is 38.7 Å². The fourth-order valence-corrected chi connectivity index (χ4v) is 2.67. The minimum atomic E-state index is -1.05. The third kappa shape index (κ3) is 3.39. The largest absolute Gasteiger partial charge is 0.475 e. The van der Waals surface area contributed by atoms with Crippen molar-refractivity contribution in [2.24, 2.45) is 11.7 Å². The Kier molecular flexibility index (Phi) is 4.44. The predicted octanol–water partition coefficient (Wildman–Crippen LogP) is 1.42. The number of nitrogens with two attached hydrogens (primary N) is 1. The minimum Gasteiger partial charge on any atom is -0.475 e. The Morgan fingerprint density at radius 1 is 1.40 bits per heavy atom. The van der Waals surface area contributed by atoms with Crippen LogP contribution in [0.4, 0.5) is 0 Å². The summed E-state index contributed by atoms with van der Waals surface area (Å²) in [5, 5.41) is 12.3. The monoisotopic (exact) mass is 280 g/mol. The molecule has 0 aliphatic heterocycles. The molecule has 1 amide bonds. The van der Waals surface area contributed by atoms with Gasteiger partial charge in [0.2, 0.25) is 11.7 Å². The average Bonchev–Trinajstić information content (AvgIpc) is 2.78. The lowest BCUT2D eigenvalue weighted by molar-refractivity contribution is -0.122. The van der Waals surface area contributed by atoms with Crippen LogP contribution in [0.5, 0.6) is 0 Å². The van der Waals surface area contributed by atoms with Crippen molar-refractivity contribution in [1.29, 1.82) is 0 Å².